The Balaban J connectivity index is 1.60. The number of pyridine rings is 1. The van der Waals surface area contributed by atoms with Crippen LogP contribution in [0.3, 0.4) is 0 Å². The number of aryl methyl sites for hydroxylation is 1. The van der Waals surface area contributed by atoms with Crippen molar-refractivity contribution in [3.63, 3.8) is 0 Å². The molecule has 2 aromatic heterocycles. The maximum absolute atomic E-state index is 12.9. The zero-order valence-electron chi connectivity index (χ0n) is 14.0. The Morgan fingerprint density at radius 3 is 2.52 bits per heavy atom. The second kappa shape index (κ2) is 6.41. The Bertz CT molecular complexity index is 886. The Morgan fingerprint density at radius 2 is 1.88 bits per heavy atom. The van der Waals surface area contributed by atoms with Crippen LogP contribution in [0.2, 0.25) is 0 Å². The van der Waals surface area contributed by atoms with E-state index in [1.165, 1.54) is 16.9 Å². The molecule has 0 saturated heterocycles. The minimum absolute atomic E-state index is 0.0410. The van der Waals surface area contributed by atoms with Crippen molar-refractivity contribution in [3.8, 4) is 10.7 Å². The lowest BCUT2D eigenvalue weighted by atomic mass is 9.72. The van der Waals surface area contributed by atoms with Crippen LogP contribution >= 0.6 is 11.3 Å². The molecule has 5 heteroatoms. The largest absolute Gasteiger partial charge is 0.342 e. The summed E-state index contributed by atoms with van der Waals surface area (Å²) >= 11 is 1.41. The summed E-state index contributed by atoms with van der Waals surface area (Å²) in [5.41, 5.74) is 2.50. The lowest BCUT2D eigenvalue weighted by Crippen LogP contribution is -2.50. The van der Waals surface area contributed by atoms with Crippen molar-refractivity contribution in [2.24, 2.45) is 0 Å². The number of carbonyl (C=O) groups excluding carboxylic acids is 1. The fourth-order valence-electron chi connectivity index (χ4n) is 3.25. The average molecular weight is 349 g/mol. The van der Waals surface area contributed by atoms with E-state index in [0.717, 1.165) is 35.7 Å². The third kappa shape index (κ3) is 2.96. The molecule has 1 N–H and O–H groups in total. The SMILES string of the molecule is Cc1nc(-c2ccccn2)sc1C(=O)NC1(c2ccccc2)CCC1. The van der Waals surface area contributed by atoms with E-state index < -0.39 is 0 Å². The van der Waals surface area contributed by atoms with E-state index in [0.29, 0.717) is 4.88 Å². The maximum Gasteiger partial charge on any atom is 0.263 e. The summed E-state index contributed by atoms with van der Waals surface area (Å²) in [4.78, 5) is 22.5. The Kier molecular flexibility index (Phi) is 4.09. The topological polar surface area (TPSA) is 54.9 Å². The Hall–Kier alpha value is -2.53. The third-order valence-electron chi connectivity index (χ3n) is 4.77. The predicted octanol–water partition coefficient (Wildman–Crippen LogP) is 4.32. The number of amides is 1. The molecular weight excluding hydrogens is 330 g/mol. The highest BCUT2D eigenvalue weighted by molar-refractivity contribution is 7.17. The van der Waals surface area contributed by atoms with Gasteiger partial charge >= 0.3 is 0 Å². The van der Waals surface area contributed by atoms with Crippen molar-refractivity contribution in [2.45, 2.75) is 31.7 Å². The molecule has 25 heavy (non-hydrogen) atoms. The number of hydrogen-bond donors (Lipinski definition) is 1. The lowest BCUT2D eigenvalue weighted by Gasteiger charge is -2.43. The van der Waals surface area contributed by atoms with Gasteiger partial charge in [0.2, 0.25) is 0 Å². The molecule has 0 radical (unpaired) electrons. The molecule has 1 aliphatic carbocycles. The van der Waals surface area contributed by atoms with E-state index in [9.17, 15) is 4.79 Å². The molecular formula is C20H19N3OS. The summed E-state index contributed by atoms with van der Waals surface area (Å²) in [6.45, 7) is 1.88. The van der Waals surface area contributed by atoms with Gasteiger partial charge in [-0.2, -0.15) is 0 Å². The van der Waals surface area contributed by atoms with Gasteiger partial charge in [0, 0.05) is 6.20 Å². The normalized spacial score (nSPS) is 15.4. The van der Waals surface area contributed by atoms with Crippen molar-refractivity contribution < 1.29 is 4.79 Å². The fraction of sp³-hybridized carbons (Fsp3) is 0.250. The van der Waals surface area contributed by atoms with Crippen molar-refractivity contribution in [1.82, 2.24) is 15.3 Å². The molecule has 1 aromatic carbocycles. The van der Waals surface area contributed by atoms with Crippen LogP contribution in [0, 0.1) is 6.92 Å². The molecule has 4 nitrogen and oxygen atoms in total. The zero-order valence-corrected chi connectivity index (χ0v) is 14.8. The first-order valence-electron chi connectivity index (χ1n) is 8.45. The number of aromatic nitrogens is 2. The number of hydrogen-bond acceptors (Lipinski definition) is 4. The number of nitrogens with zero attached hydrogens (tertiary/aromatic N) is 2. The highest BCUT2D eigenvalue weighted by Gasteiger charge is 2.40. The van der Waals surface area contributed by atoms with Crippen molar-refractivity contribution in [3.05, 3.63) is 70.9 Å². The molecule has 1 amide bonds. The predicted molar refractivity (Wildman–Crippen MR) is 99.5 cm³/mol. The summed E-state index contributed by atoms with van der Waals surface area (Å²) in [5, 5.41) is 4.06. The summed E-state index contributed by atoms with van der Waals surface area (Å²) in [5.74, 6) is -0.0410. The quantitative estimate of drug-likeness (QED) is 0.763. The summed E-state index contributed by atoms with van der Waals surface area (Å²) < 4.78 is 0. The smallest absolute Gasteiger partial charge is 0.263 e. The first kappa shape index (κ1) is 16.0. The summed E-state index contributed by atoms with van der Waals surface area (Å²) in [7, 11) is 0. The molecule has 3 aromatic rings. The molecule has 0 unspecified atom stereocenters. The van der Waals surface area contributed by atoms with Crippen LogP contribution in [0.4, 0.5) is 0 Å². The van der Waals surface area contributed by atoms with Crippen LogP contribution in [-0.4, -0.2) is 15.9 Å². The van der Waals surface area contributed by atoms with E-state index in [1.54, 1.807) is 6.20 Å². The molecule has 4 rings (SSSR count). The third-order valence-corrected chi connectivity index (χ3v) is 5.95. The maximum atomic E-state index is 12.9. The number of nitrogens with one attached hydrogen (secondary N) is 1. The van der Waals surface area contributed by atoms with Gasteiger partial charge in [0.25, 0.3) is 5.91 Å². The highest BCUT2D eigenvalue weighted by atomic mass is 32.1. The molecule has 0 bridgehead atoms. The van der Waals surface area contributed by atoms with E-state index in [2.05, 4.69) is 27.4 Å². The molecule has 0 aliphatic heterocycles. The van der Waals surface area contributed by atoms with Crippen LogP contribution in [0.5, 0.6) is 0 Å². The number of benzene rings is 1. The summed E-state index contributed by atoms with van der Waals surface area (Å²) in [6.07, 6.45) is 4.84. The van der Waals surface area contributed by atoms with Crippen LogP contribution in [0.15, 0.2) is 54.7 Å². The molecule has 1 aliphatic rings. The van der Waals surface area contributed by atoms with Crippen molar-refractivity contribution in [2.75, 3.05) is 0 Å². The molecule has 0 spiro atoms. The minimum atomic E-state index is -0.236. The molecule has 0 atom stereocenters. The fourth-order valence-corrected chi connectivity index (χ4v) is 4.19. The van der Waals surface area contributed by atoms with Gasteiger partial charge in [-0.1, -0.05) is 36.4 Å². The van der Waals surface area contributed by atoms with Gasteiger partial charge in [-0.3, -0.25) is 9.78 Å². The first-order valence-corrected chi connectivity index (χ1v) is 9.26. The van der Waals surface area contributed by atoms with Gasteiger partial charge < -0.3 is 5.32 Å². The summed E-state index contributed by atoms with van der Waals surface area (Å²) in [6, 6.07) is 16.0. The monoisotopic (exact) mass is 349 g/mol. The zero-order chi connectivity index (χ0) is 17.3. The van der Waals surface area contributed by atoms with Crippen LogP contribution in [0.1, 0.15) is 40.2 Å². The van der Waals surface area contributed by atoms with Gasteiger partial charge in [-0.05, 0) is 43.9 Å². The Morgan fingerprint density at radius 1 is 1.12 bits per heavy atom. The van der Waals surface area contributed by atoms with Gasteiger partial charge in [0.05, 0.1) is 16.9 Å². The van der Waals surface area contributed by atoms with Gasteiger partial charge in [-0.25, -0.2) is 4.98 Å². The van der Waals surface area contributed by atoms with Crippen molar-refractivity contribution in [1.29, 1.82) is 0 Å². The van der Waals surface area contributed by atoms with Gasteiger partial charge in [0.1, 0.15) is 9.88 Å². The van der Waals surface area contributed by atoms with E-state index in [-0.39, 0.29) is 11.4 Å². The van der Waals surface area contributed by atoms with Gasteiger partial charge in [-0.15, -0.1) is 11.3 Å². The number of rotatable bonds is 4. The number of thiazole rings is 1. The lowest BCUT2D eigenvalue weighted by molar-refractivity contribution is 0.0827. The minimum Gasteiger partial charge on any atom is -0.342 e. The van der Waals surface area contributed by atoms with Crippen LogP contribution in [-0.2, 0) is 5.54 Å². The highest BCUT2D eigenvalue weighted by Crippen LogP contribution is 2.41. The van der Waals surface area contributed by atoms with Crippen molar-refractivity contribution >= 4 is 17.2 Å². The first-order chi connectivity index (χ1) is 12.2. The van der Waals surface area contributed by atoms with E-state index >= 15 is 0 Å². The average Bonchev–Trinajstić information content (AvgIpc) is 3.01. The van der Waals surface area contributed by atoms with E-state index in [1.807, 2.05) is 43.3 Å². The standard InChI is InChI=1S/C20H19N3OS/c1-14-17(25-19(22-14)16-10-5-6-13-21-16)18(24)23-20(11-7-12-20)15-8-3-2-4-9-15/h2-6,8-10,13H,7,11-12H2,1H3,(H,23,24). The van der Waals surface area contributed by atoms with Crippen LogP contribution in [0.25, 0.3) is 10.7 Å². The Labute approximate surface area is 151 Å². The van der Waals surface area contributed by atoms with Gasteiger partial charge in [0.15, 0.2) is 0 Å². The van der Waals surface area contributed by atoms with E-state index in [4.69, 9.17) is 0 Å². The molecule has 126 valence electrons. The van der Waals surface area contributed by atoms with Crippen LogP contribution < -0.4 is 5.32 Å². The molecule has 1 saturated carbocycles. The second-order valence-electron chi connectivity index (χ2n) is 6.40. The molecule has 1 fully saturated rings. The molecule has 2 heterocycles. The number of carbonyl (C=O) groups is 1. The second-order valence-corrected chi connectivity index (χ2v) is 7.40.